The van der Waals surface area contributed by atoms with Crippen molar-refractivity contribution in [3.05, 3.63) is 0 Å². The van der Waals surface area contributed by atoms with Crippen molar-refractivity contribution in [2.24, 2.45) is 11.8 Å². The molecule has 0 aromatic rings. The van der Waals surface area contributed by atoms with E-state index in [1.807, 2.05) is 0 Å². The van der Waals surface area contributed by atoms with E-state index in [-0.39, 0.29) is 0 Å². The van der Waals surface area contributed by atoms with Crippen LogP contribution in [0.4, 0.5) is 0 Å². The molecule has 0 aromatic carbocycles. The van der Waals surface area contributed by atoms with Crippen LogP contribution in [0.5, 0.6) is 0 Å². The van der Waals surface area contributed by atoms with Gasteiger partial charge < -0.3 is 10.1 Å². The lowest BCUT2D eigenvalue weighted by atomic mass is 9.84. The van der Waals surface area contributed by atoms with Crippen molar-refractivity contribution in [1.82, 2.24) is 5.32 Å². The minimum atomic E-state index is 0.592. The molecule has 0 amide bonds. The smallest absolute Gasteiger partial charge is 0.0622 e. The third-order valence-corrected chi connectivity index (χ3v) is 4.36. The normalized spacial score (nSPS) is 20.4. The zero-order chi connectivity index (χ0) is 13.9. The average molecular weight is 269 g/mol. The largest absolute Gasteiger partial charge is 0.380 e. The Labute approximate surface area is 120 Å². The molecule has 0 heterocycles. The topological polar surface area (TPSA) is 21.3 Å². The summed E-state index contributed by atoms with van der Waals surface area (Å²) >= 11 is 0. The molecule has 0 radical (unpaired) electrons. The Balaban J connectivity index is 2.27. The van der Waals surface area contributed by atoms with Crippen LogP contribution in [0.2, 0.25) is 0 Å². The minimum Gasteiger partial charge on any atom is -0.380 e. The molecule has 1 N–H and O–H groups in total. The Morgan fingerprint density at radius 2 is 1.79 bits per heavy atom. The first kappa shape index (κ1) is 17.0. The van der Waals surface area contributed by atoms with Crippen LogP contribution in [-0.2, 0) is 4.74 Å². The van der Waals surface area contributed by atoms with Gasteiger partial charge in [0.25, 0.3) is 0 Å². The van der Waals surface area contributed by atoms with Crippen molar-refractivity contribution in [3.8, 4) is 0 Å². The zero-order valence-corrected chi connectivity index (χ0v) is 13.4. The molecule has 1 saturated carbocycles. The number of nitrogens with one attached hydrogen (secondary N) is 1. The molecule has 1 rings (SSSR count). The number of hydrogen-bond acceptors (Lipinski definition) is 2. The Morgan fingerprint density at radius 3 is 2.42 bits per heavy atom. The van der Waals surface area contributed by atoms with Gasteiger partial charge in [-0.15, -0.1) is 0 Å². The number of ether oxygens (including phenoxy) is 1. The lowest BCUT2D eigenvalue weighted by Gasteiger charge is -2.31. The summed E-state index contributed by atoms with van der Waals surface area (Å²) in [5.74, 6) is 1.56. The average Bonchev–Trinajstić information content (AvgIpc) is 2.44. The fourth-order valence-electron chi connectivity index (χ4n) is 3.20. The van der Waals surface area contributed by atoms with Crippen molar-refractivity contribution >= 4 is 0 Å². The van der Waals surface area contributed by atoms with Gasteiger partial charge >= 0.3 is 0 Å². The molecule has 19 heavy (non-hydrogen) atoms. The van der Waals surface area contributed by atoms with E-state index in [9.17, 15) is 0 Å². The molecule has 0 saturated heterocycles. The van der Waals surface area contributed by atoms with Crippen LogP contribution in [0.3, 0.4) is 0 Å². The van der Waals surface area contributed by atoms with E-state index in [4.69, 9.17) is 4.74 Å². The second kappa shape index (κ2) is 10.7. The summed E-state index contributed by atoms with van der Waals surface area (Å²) in [6.45, 7) is 9.79. The third-order valence-electron chi connectivity index (χ3n) is 4.36. The summed E-state index contributed by atoms with van der Waals surface area (Å²) in [6.07, 6.45) is 10.8. The second-order valence-electron chi connectivity index (χ2n) is 6.39. The van der Waals surface area contributed by atoms with Gasteiger partial charge in [0.05, 0.1) is 6.61 Å². The number of rotatable bonds is 10. The SMILES string of the molecule is CCCNC(COCC(C)CCC)C1CCCCC1. The van der Waals surface area contributed by atoms with Gasteiger partial charge in [0.1, 0.15) is 0 Å². The van der Waals surface area contributed by atoms with E-state index in [2.05, 4.69) is 26.1 Å². The van der Waals surface area contributed by atoms with Gasteiger partial charge in [-0.1, -0.05) is 46.5 Å². The molecule has 2 unspecified atom stereocenters. The lowest BCUT2D eigenvalue weighted by molar-refractivity contribution is 0.0627. The lowest BCUT2D eigenvalue weighted by Crippen LogP contribution is -2.41. The fraction of sp³-hybridized carbons (Fsp3) is 1.00. The van der Waals surface area contributed by atoms with Crippen LogP contribution in [0, 0.1) is 11.8 Å². The highest BCUT2D eigenvalue weighted by Crippen LogP contribution is 2.26. The van der Waals surface area contributed by atoms with Gasteiger partial charge in [0, 0.05) is 12.6 Å². The van der Waals surface area contributed by atoms with Gasteiger partial charge in [-0.2, -0.15) is 0 Å². The molecule has 2 atom stereocenters. The van der Waals surface area contributed by atoms with Crippen LogP contribution in [-0.4, -0.2) is 25.8 Å². The highest BCUT2D eigenvalue weighted by molar-refractivity contribution is 4.79. The van der Waals surface area contributed by atoms with Crippen molar-refractivity contribution < 1.29 is 4.74 Å². The molecular weight excluding hydrogens is 234 g/mol. The predicted octanol–water partition coefficient (Wildman–Crippen LogP) is 4.39. The van der Waals surface area contributed by atoms with Gasteiger partial charge in [0.15, 0.2) is 0 Å². The second-order valence-corrected chi connectivity index (χ2v) is 6.39. The molecule has 2 heteroatoms. The van der Waals surface area contributed by atoms with Crippen LogP contribution < -0.4 is 5.32 Å². The summed E-state index contributed by atoms with van der Waals surface area (Å²) in [4.78, 5) is 0. The first-order chi connectivity index (χ1) is 9.27. The maximum Gasteiger partial charge on any atom is 0.0622 e. The summed E-state index contributed by atoms with van der Waals surface area (Å²) in [6, 6.07) is 0.592. The summed E-state index contributed by atoms with van der Waals surface area (Å²) < 4.78 is 6.00. The molecule has 2 nitrogen and oxygen atoms in total. The molecule has 0 bridgehead atoms. The minimum absolute atomic E-state index is 0.592. The van der Waals surface area contributed by atoms with Gasteiger partial charge in [-0.25, -0.2) is 0 Å². The Bertz CT molecular complexity index is 201. The molecule has 0 spiro atoms. The van der Waals surface area contributed by atoms with E-state index in [0.29, 0.717) is 12.0 Å². The van der Waals surface area contributed by atoms with E-state index in [0.717, 1.165) is 25.7 Å². The van der Waals surface area contributed by atoms with E-state index in [1.165, 1.54) is 51.4 Å². The molecule has 114 valence electrons. The summed E-state index contributed by atoms with van der Waals surface area (Å²) in [5, 5.41) is 3.72. The van der Waals surface area contributed by atoms with Crippen molar-refractivity contribution in [2.45, 2.75) is 78.2 Å². The molecule has 0 aromatic heterocycles. The quantitative estimate of drug-likeness (QED) is 0.635. The standard InChI is InChI=1S/C17H35NO/c1-4-9-15(3)13-19-14-17(18-12-5-2)16-10-7-6-8-11-16/h15-18H,4-14H2,1-3H3. The molecule has 1 fully saturated rings. The van der Waals surface area contributed by atoms with Crippen molar-refractivity contribution in [1.29, 1.82) is 0 Å². The summed E-state index contributed by atoms with van der Waals surface area (Å²) in [7, 11) is 0. The molecular formula is C17H35NO. The first-order valence-corrected chi connectivity index (χ1v) is 8.59. The zero-order valence-electron chi connectivity index (χ0n) is 13.4. The predicted molar refractivity (Wildman–Crippen MR) is 83.5 cm³/mol. The third kappa shape index (κ3) is 7.31. The van der Waals surface area contributed by atoms with E-state index in [1.54, 1.807) is 0 Å². The molecule has 0 aliphatic heterocycles. The Hall–Kier alpha value is -0.0800. The fourth-order valence-corrected chi connectivity index (χ4v) is 3.20. The summed E-state index contributed by atoms with van der Waals surface area (Å²) in [5.41, 5.74) is 0. The van der Waals surface area contributed by atoms with Gasteiger partial charge in [0.2, 0.25) is 0 Å². The highest BCUT2D eigenvalue weighted by atomic mass is 16.5. The molecule has 1 aliphatic rings. The van der Waals surface area contributed by atoms with E-state index >= 15 is 0 Å². The maximum atomic E-state index is 6.00. The van der Waals surface area contributed by atoms with Crippen LogP contribution >= 0.6 is 0 Å². The van der Waals surface area contributed by atoms with Crippen molar-refractivity contribution in [3.63, 3.8) is 0 Å². The van der Waals surface area contributed by atoms with Crippen molar-refractivity contribution in [2.75, 3.05) is 19.8 Å². The molecule has 1 aliphatic carbocycles. The van der Waals surface area contributed by atoms with Crippen LogP contribution in [0.25, 0.3) is 0 Å². The van der Waals surface area contributed by atoms with Crippen LogP contribution in [0.1, 0.15) is 72.1 Å². The van der Waals surface area contributed by atoms with Crippen LogP contribution in [0.15, 0.2) is 0 Å². The Morgan fingerprint density at radius 1 is 1.05 bits per heavy atom. The van der Waals surface area contributed by atoms with E-state index < -0.39 is 0 Å². The Kier molecular flexibility index (Phi) is 9.54. The van der Waals surface area contributed by atoms with Gasteiger partial charge in [-0.05, 0) is 44.1 Å². The monoisotopic (exact) mass is 269 g/mol. The number of hydrogen-bond donors (Lipinski definition) is 1. The highest BCUT2D eigenvalue weighted by Gasteiger charge is 2.23. The maximum absolute atomic E-state index is 6.00. The first-order valence-electron chi connectivity index (χ1n) is 8.59. The van der Waals surface area contributed by atoms with Gasteiger partial charge in [-0.3, -0.25) is 0 Å².